The molecule has 2 aliphatic carbocycles. The van der Waals surface area contributed by atoms with Gasteiger partial charge in [0.15, 0.2) is 0 Å². The Labute approximate surface area is 89.2 Å². The highest BCUT2D eigenvalue weighted by molar-refractivity contribution is 5.87. The van der Waals surface area contributed by atoms with Gasteiger partial charge in [0, 0.05) is 18.3 Å². The second-order valence-corrected chi connectivity index (χ2v) is 4.48. The molecular formula is C13H14O2. The molecule has 0 radical (unpaired) electrons. The average molecular weight is 202 g/mol. The molecule has 2 aliphatic rings. The van der Waals surface area contributed by atoms with Crippen LogP contribution in [-0.2, 0) is 4.79 Å². The molecule has 0 aliphatic heterocycles. The molecule has 0 heterocycles. The van der Waals surface area contributed by atoms with E-state index >= 15 is 0 Å². The van der Waals surface area contributed by atoms with E-state index in [4.69, 9.17) is 4.74 Å². The summed E-state index contributed by atoms with van der Waals surface area (Å²) in [4.78, 5) is 11.4. The normalized spacial score (nSPS) is 32.5. The molecule has 15 heavy (non-hydrogen) atoms. The average Bonchev–Trinajstić information content (AvgIpc) is 2.85. The lowest BCUT2D eigenvalue weighted by molar-refractivity contribution is -0.119. The van der Waals surface area contributed by atoms with Crippen LogP contribution in [0.15, 0.2) is 30.3 Å². The highest BCUT2D eigenvalue weighted by Crippen LogP contribution is 2.55. The van der Waals surface area contributed by atoms with E-state index in [9.17, 15) is 4.79 Å². The van der Waals surface area contributed by atoms with Gasteiger partial charge in [-0.15, -0.1) is 0 Å². The second kappa shape index (κ2) is 3.37. The first-order valence-electron chi connectivity index (χ1n) is 5.57. The Morgan fingerprint density at radius 1 is 1.27 bits per heavy atom. The summed E-state index contributed by atoms with van der Waals surface area (Å²) >= 11 is 0. The summed E-state index contributed by atoms with van der Waals surface area (Å²) in [5, 5.41) is 0. The van der Waals surface area contributed by atoms with Gasteiger partial charge in [-0.3, -0.25) is 4.79 Å². The number of hydrogen-bond donors (Lipinski definition) is 0. The fourth-order valence-electron chi connectivity index (χ4n) is 2.73. The fourth-order valence-corrected chi connectivity index (χ4v) is 2.73. The molecule has 2 nitrogen and oxygen atoms in total. The summed E-state index contributed by atoms with van der Waals surface area (Å²) in [6, 6.07) is 9.82. The minimum absolute atomic E-state index is 0.341. The number of ether oxygens (including phenoxy) is 1. The topological polar surface area (TPSA) is 26.3 Å². The Kier molecular flexibility index (Phi) is 2.01. The van der Waals surface area contributed by atoms with E-state index in [-0.39, 0.29) is 0 Å². The highest BCUT2D eigenvalue weighted by Gasteiger charge is 2.58. The zero-order chi connectivity index (χ0) is 10.3. The van der Waals surface area contributed by atoms with E-state index in [0.29, 0.717) is 30.1 Å². The van der Waals surface area contributed by atoms with Crippen LogP contribution in [0, 0.1) is 17.8 Å². The number of rotatable bonds is 3. The number of benzene rings is 1. The van der Waals surface area contributed by atoms with E-state index in [1.807, 2.05) is 30.3 Å². The highest BCUT2D eigenvalue weighted by atomic mass is 16.5. The smallest absolute Gasteiger partial charge is 0.136 e. The number of hydrogen-bond acceptors (Lipinski definition) is 2. The van der Waals surface area contributed by atoms with Crippen molar-refractivity contribution in [3.63, 3.8) is 0 Å². The van der Waals surface area contributed by atoms with Gasteiger partial charge in [-0.05, 0) is 24.5 Å². The molecule has 0 bridgehead atoms. The van der Waals surface area contributed by atoms with Crippen molar-refractivity contribution in [2.45, 2.75) is 12.8 Å². The number of Topliss-reactive ketones (excluding diaryl/α,β-unsaturated/α-hetero) is 1. The van der Waals surface area contributed by atoms with Crippen molar-refractivity contribution in [2.24, 2.45) is 17.8 Å². The predicted octanol–water partition coefficient (Wildman–Crippen LogP) is 2.29. The van der Waals surface area contributed by atoms with E-state index in [1.54, 1.807) is 0 Å². The van der Waals surface area contributed by atoms with Crippen molar-refractivity contribution in [2.75, 3.05) is 6.61 Å². The molecule has 0 spiro atoms. The van der Waals surface area contributed by atoms with Crippen LogP contribution in [-0.4, -0.2) is 12.4 Å². The van der Waals surface area contributed by atoms with Crippen LogP contribution < -0.4 is 4.74 Å². The third kappa shape index (κ3) is 1.54. The summed E-state index contributed by atoms with van der Waals surface area (Å²) < 4.78 is 5.66. The molecule has 2 saturated carbocycles. The van der Waals surface area contributed by atoms with E-state index < -0.39 is 0 Å². The fraction of sp³-hybridized carbons (Fsp3) is 0.462. The SMILES string of the molecule is O=C1CC[C@@H]2[C@H](COc3ccccc3)[C@H]12. The molecule has 0 amide bonds. The first kappa shape index (κ1) is 8.96. The predicted molar refractivity (Wildman–Crippen MR) is 56.6 cm³/mol. The second-order valence-electron chi connectivity index (χ2n) is 4.48. The van der Waals surface area contributed by atoms with Gasteiger partial charge in [-0.2, -0.15) is 0 Å². The Morgan fingerprint density at radius 3 is 2.73 bits per heavy atom. The third-order valence-corrected chi connectivity index (χ3v) is 3.61. The van der Waals surface area contributed by atoms with Crippen LogP contribution in [0.5, 0.6) is 5.75 Å². The van der Waals surface area contributed by atoms with Crippen LogP contribution in [0.25, 0.3) is 0 Å². The van der Waals surface area contributed by atoms with Gasteiger partial charge in [0.25, 0.3) is 0 Å². The van der Waals surface area contributed by atoms with Crippen molar-refractivity contribution in [3.8, 4) is 5.75 Å². The molecule has 3 rings (SSSR count). The zero-order valence-corrected chi connectivity index (χ0v) is 8.56. The van der Waals surface area contributed by atoms with Crippen molar-refractivity contribution in [3.05, 3.63) is 30.3 Å². The molecule has 0 saturated heterocycles. The lowest BCUT2D eigenvalue weighted by Gasteiger charge is -2.06. The minimum atomic E-state index is 0.341. The largest absolute Gasteiger partial charge is 0.493 e. The van der Waals surface area contributed by atoms with E-state index in [2.05, 4.69) is 0 Å². The summed E-state index contributed by atoms with van der Waals surface area (Å²) in [5.41, 5.74) is 0. The first-order valence-corrected chi connectivity index (χ1v) is 5.57. The van der Waals surface area contributed by atoms with Gasteiger partial charge in [-0.25, -0.2) is 0 Å². The standard InChI is InChI=1S/C13H14O2/c14-12-7-6-10-11(13(10)12)8-15-9-4-2-1-3-5-9/h1-5,10-11,13H,6-8H2/t10-,11+,13-/m1/s1. The van der Waals surface area contributed by atoms with Crippen molar-refractivity contribution >= 4 is 5.78 Å². The van der Waals surface area contributed by atoms with Gasteiger partial charge in [0.05, 0.1) is 6.61 Å². The Morgan fingerprint density at radius 2 is 2.07 bits per heavy atom. The molecule has 0 unspecified atom stereocenters. The minimum Gasteiger partial charge on any atom is -0.493 e. The molecular weight excluding hydrogens is 188 g/mol. The number of fused-ring (bicyclic) bond motifs is 1. The molecule has 78 valence electrons. The molecule has 2 heteroatoms. The van der Waals surface area contributed by atoms with Gasteiger partial charge in [-0.1, -0.05) is 18.2 Å². The Balaban J connectivity index is 1.55. The Hall–Kier alpha value is -1.31. The number of para-hydroxylation sites is 1. The summed E-state index contributed by atoms with van der Waals surface area (Å²) in [6.45, 7) is 0.713. The summed E-state index contributed by atoms with van der Waals surface area (Å²) in [5.74, 6) is 2.86. The van der Waals surface area contributed by atoms with Crippen molar-refractivity contribution in [1.29, 1.82) is 0 Å². The molecule has 2 fully saturated rings. The van der Waals surface area contributed by atoms with Crippen LogP contribution in [0.3, 0.4) is 0 Å². The molecule has 0 aromatic heterocycles. The Bertz CT molecular complexity index is 371. The van der Waals surface area contributed by atoms with Crippen LogP contribution in [0.1, 0.15) is 12.8 Å². The maximum atomic E-state index is 11.4. The molecule has 1 aromatic carbocycles. The quantitative estimate of drug-likeness (QED) is 0.751. The molecule has 1 aromatic rings. The van der Waals surface area contributed by atoms with Crippen LogP contribution in [0.4, 0.5) is 0 Å². The van der Waals surface area contributed by atoms with E-state index in [1.165, 1.54) is 0 Å². The van der Waals surface area contributed by atoms with Gasteiger partial charge in [0.1, 0.15) is 11.5 Å². The zero-order valence-electron chi connectivity index (χ0n) is 8.56. The number of carbonyl (C=O) groups is 1. The maximum Gasteiger partial charge on any atom is 0.136 e. The monoisotopic (exact) mass is 202 g/mol. The van der Waals surface area contributed by atoms with Crippen LogP contribution >= 0.6 is 0 Å². The molecule has 3 atom stereocenters. The van der Waals surface area contributed by atoms with Crippen molar-refractivity contribution < 1.29 is 9.53 Å². The van der Waals surface area contributed by atoms with E-state index in [0.717, 1.165) is 18.6 Å². The van der Waals surface area contributed by atoms with Gasteiger partial charge >= 0.3 is 0 Å². The lowest BCUT2D eigenvalue weighted by atomic mass is 10.1. The lowest BCUT2D eigenvalue weighted by Crippen LogP contribution is -2.07. The van der Waals surface area contributed by atoms with Gasteiger partial charge in [0.2, 0.25) is 0 Å². The summed E-state index contributed by atoms with van der Waals surface area (Å²) in [6.07, 6.45) is 1.89. The maximum absolute atomic E-state index is 11.4. The number of ketones is 1. The molecule has 0 N–H and O–H groups in total. The van der Waals surface area contributed by atoms with Crippen molar-refractivity contribution in [1.82, 2.24) is 0 Å². The van der Waals surface area contributed by atoms with Gasteiger partial charge < -0.3 is 4.74 Å². The summed E-state index contributed by atoms with van der Waals surface area (Å²) in [7, 11) is 0. The first-order chi connectivity index (χ1) is 7.36. The number of carbonyl (C=O) groups excluding carboxylic acids is 1. The van der Waals surface area contributed by atoms with Crippen LogP contribution in [0.2, 0.25) is 0 Å². The third-order valence-electron chi connectivity index (χ3n) is 3.61.